The molecule has 0 bridgehead atoms. The second-order valence-corrected chi connectivity index (χ2v) is 4.92. The molecule has 4 N–H and O–H groups in total. The van der Waals surface area contributed by atoms with Gasteiger partial charge in [-0.05, 0) is 36.4 Å². The number of phenols is 1. The lowest BCUT2D eigenvalue weighted by Gasteiger charge is -2.08. The molecule has 0 saturated heterocycles. The summed E-state index contributed by atoms with van der Waals surface area (Å²) in [5.41, 5.74) is 8.09. The number of phenolic OH excluding ortho intramolecular Hbond substituents is 1. The highest BCUT2D eigenvalue weighted by Crippen LogP contribution is 2.34. The smallest absolute Gasteiger partial charge is 0.182 e. The maximum absolute atomic E-state index is 9.36. The number of nitrogens with two attached hydrogens (primary N) is 1. The zero-order valence-electron chi connectivity index (χ0n) is 11.4. The molecule has 2 aromatic carbocycles. The topological polar surface area (TPSA) is 97.2 Å². The predicted molar refractivity (Wildman–Crippen MR) is 85.1 cm³/mol. The number of anilines is 3. The average Bonchev–Trinajstić information content (AvgIpc) is 2.92. The predicted octanol–water partition coefficient (Wildman–Crippen LogP) is 3.41. The largest absolute Gasteiger partial charge is 0.508 e. The maximum atomic E-state index is 9.36. The van der Waals surface area contributed by atoms with E-state index >= 15 is 0 Å². The second-order valence-electron chi connectivity index (χ2n) is 4.92. The van der Waals surface area contributed by atoms with Crippen LogP contribution in [0.4, 0.5) is 17.3 Å². The van der Waals surface area contributed by atoms with Crippen molar-refractivity contribution >= 4 is 39.2 Å². The number of nitrogen functional groups attached to an aromatic ring is 1. The van der Waals surface area contributed by atoms with E-state index in [0.717, 1.165) is 16.6 Å². The number of aromatic nitrogens is 2. The lowest BCUT2D eigenvalue weighted by atomic mass is 10.1. The first kappa shape index (κ1) is 12.5. The van der Waals surface area contributed by atoms with E-state index in [2.05, 4.69) is 15.5 Å². The molecule has 4 rings (SSSR count). The van der Waals surface area contributed by atoms with Gasteiger partial charge in [-0.1, -0.05) is 17.3 Å². The third-order valence-electron chi connectivity index (χ3n) is 3.47. The summed E-state index contributed by atoms with van der Waals surface area (Å²) >= 11 is 0. The molecule has 0 aliphatic carbocycles. The first-order valence-corrected chi connectivity index (χ1v) is 6.72. The monoisotopic (exact) mass is 292 g/mol. The van der Waals surface area contributed by atoms with E-state index in [1.165, 1.54) is 0 Å². The van der Waals surface area contributed by atoms with E-state index in [-0.39, 0.29) is 11.6 Å². The van der Waals surface area contributed by atoms with Crippen molar-refractivity contribution in [2.75, 3.05) is 11.1 Å². The van der Waals surface area contributed by atoms with Crippen LogP contribution >= 0.6 is 0 Å². The van der Waals surface area contributed by atoms with Crippen LogP contribution in [0.15, 0.2) is 53.1 Å². The van der Waals surface area contributed by atoms with Crippen molar-refractivity contribution in [3.63, 3.8) is 0 Å². The van der Waals surface area contributed by atoms with E-state index in [4.69, 9.17) is 10.3 Å². The molecule has 2 aromatic heterocycles. The molecule has 0 atom stereocenters. The van der Waals surface area contributed by atoms with Crippen LogP contribution in [-0.2, 0) is 0 Å². The molecule has 0 amide bonds. The van der Waals surface area contributed by atoms with Gasteiger partial charge < -0.3 is 20.7 Å². The van der Waals surface area contributed by atoms with Crippen LogP contribution in [0.25, 0.3) is 21.9 Å². The van der Waals surface area contributed by atoms with Crippen molar-refractivity contribution in [2.24, 2.45) is 0 Å². The third-order valence-corrected chi connectivity index (χ3v) is 3.47. The van der Waals surface area contributed by atoms with Crippen molar-refractivity contribution in [3.05, 3.63) is 48.5 Å². The Balaban J connectivity index is 1.94. The summed E-state index contributed by atoms with van der Waals surface area (Å²) in [6.07, 6.45) is 0. The van der Waals surface area contributed by atoms with E-state index in [9.17, 15) is 5.11 Å². The Hall–Kier alpha value is -3.28. The van der Waals surface area contributed by atoms with Crippen LogP contribution in [-0.4, -0.2) is 15.2 Å². The van der Waals surface area contributed by atoms with Crippen molar-refractivity contribution in [3.8, 4) is 5.75 Å². The molecule has 0 saturated carbocycles. The maximum Gasteiger partial charge on any atom is 0.182 e. The summed E-state index contributed by atoms with van der Waals surface area (Å²) in [6, 6.07) is 14.3. The summed E-state index contributed by atoms with van der Waals surface area (Å²) in [5, 5.41) is 17.9. The number of fused-ring (bicyclic) bond motifs is 3. The van der Waals surface area contributed by atoms with E-state index in [1.807, 2.05) is 24.3 Å². The number of nitrogens with one attached hydrogen (secondary N) is 1. The molecular weight excluding hydrogens is 280 g/mol. The SMILES string of the molecule is Nc1noc2c1c(Nc1ccc(O)cc1)nc1ccccc12. The van der Waals surface area contributed by atoms with Gasteiger partial charge >= 0.3 is 0 Å². The van der Waals surface area contributed by atoms with Gasteiger partial charge in [0.1, 0.15) is 17.0 Å². The van der Waals surface area contributed by atoms with Gasteiger partial charge in [-0.3, -0.25) is 0 Å². The molecule has 0 unspecified atom stereocenters. The molecular formula is C16H12N4O2. The minimum Gasteiger partial charge on any atom is -0.508 e. The fraction of sp³-hybridized carbons (Fsp3) is 0. The Morgan fingerprint density at radius 2 is 1.82 bits per heavy atom. The summed E-state index contributed by atoms with van der Waals surface area (Å²) < 4.78 is 5.36. The molecule has 0 fully saturated rings. The van der Waals surface area contributed by atoms with Gasteiger partial charge in [0.2, 0.25) is 0 Å². The Morgan fingerprint density at radius 1 is 1.05 bits per heavy atom. The van der Waals surface area contributed by atoms with Gasteiger partial charge in [-0.25, -0.2) is 4.98 Å². The first-order valence-electron chi connectivity index (χ1n) is 6.72. The highest BCUT2D eigenvalue weighted by molar-refractivity contribution is 6.11. The molecule has 0 aliphatic rings. The molecule has 0 spiro atoms. The second kappa shape index (κ2) is 4.63. The lowest BCUT2D eigenvalue weighted by molar-refractivity contribution is 0.462. The molecule has 0 aliphatic heterocycles. The Morgan fingerprint density at radius 3 is 2.64 bits per heavy atom. The minimum atomic E-state index is 0.201. The molecule has 4 aromatic rings. The highest BCUT2D eigenvalue weighted by atomic mass is 16.5. The van der Waals surface area contributed by atoms with E-state index in [1.54, 1.807) is 24.3 Å². The number of aromatic hydroxyl groups is 1. The summed E-state index contributed by atoms with van der Waals surface area (Å²) in [5.74, 6) is 1.05. The minimum absolute atomic E-state index is 0.201. The zero-order valence-corrected chi connectivity index (χ0v) is 11.4. The number of benzene rings is 2. The van der Waals surface area contributed by atoms with Crippen molar-refractivity contribution in [1.82, 2.24) is 10.1 Å². The van der Waals surface area contributed by atoms with Gasteiger partial charge in [0.25, 0.3) is 0 Å². The summed E-state index contributed by atoms with van der Waals surface area (Å²) in [6.45, 7) is 0. The van der Waals surface area contributed by atoms with Crippen LogP contribution < -0.4 is 11.1 Å². The summed E-state index contributed by atoms with van der Waals surface area (Å²) in [7, 11) is 0. The zero-order chi connectivity index (χ0) is 15.1. The van der Waals surface area contributed by atoms with Crippen molar-refractivity contribution < 1.29 is 9.63 Å². The van der Waals surface area contributed by atoms with Crippen molar-refractivity contribution in [1.29, 1.82) is 0 Å². The molecule has 6 nitrogen and oxygen atoms in total. The van der Waals surface area contributed by atoms with E-state index in [0.29, 0.717) is 16.8 Å². The van der Waals surface area contributed by atoms with Crippen LogP contribution in [0.5, 0.6) is 5.75 Å². The Kier molecular flexibility index (Phi) is 2.62. The first-order chi connectivity index (χ1) is 10.7. The Bertz CT molecular complexity index is 977. The number of hydrogen-bond donors (Lipinski definition) is 3. The highest BCUT2D eigenvalue weighted by Gasteiger charge is 2.16. The number of nitrogens with zero attached hydrogens (tertiary/aromatic N) is 2. The van der Waals surface area contributed by atoms with Gasteiger partial charge in [0, 0.05) is 11.1 Å². The average molecular weight is 292 g/mol. The van der Waals surface area contributed by atoms with Gasteiger partial charge in [-0.2, -0.15) is 0 Å². The molecule has 6 heteroatoms. The standard InChI is InChI=1S/C16H12N4O2/c17-15-13-14(22-20-15)11-3-1-2-4-12(11)19-16(13)18-9-5-7-10(21)8-6-9/h1-8,21H,(H2,17,20)(H,18,19). The number of para-hydroxylation sites is 1. The molecule has 2 heterocycles. The van der Waals surface area contributed by atoms with E-state index < -0.39 is 0 Å². The number of hydrogen-bond acceptors (Lipinski definition) is 6. The normalized spacial score (nSPS) is 11.1. The fourth-order valence-electron chi connectivity index (χ4n) is 2.43. The third kappa shape index (κ3) is 1.89. The quantitative estimate of drug-likeness (QED) is 0.490. The summed E-state index contributed by atoms with van der Waals surface area (Å²) in [4.78, 5) is 4.60. The van der Waals surface area contributed by atoms with Gasteiger partial charge in [0.05, 0.1) is 5.52 Å². The Labute approximate surface area is 125 Å². The van der Waals surface area contributed by atoms with Gasteiger partial charge in [-0.15, -0.1) is 0 Å². The lowest BCUT2D eigenvalue weighted by Crippen LogP contribution is -1.96. The van der Waals surface area contributed by atoms with Gasteiger partial charge in [0.15, 0.2) is 11.4 Å². The van der Waals surface area contributed by atoms with Crippen LogP contribution in [0, 0.1) is 0 Å². The molecule has 108 valence electrons. The van der Waals surface area contributed by atoms with Crippen LogP contribution in [0.2, 0.25) is 0 Å². The molecule has 0 radical (unpaired) electrons. The molecule has 22 heavy (non-hydrogen) atoms. The van der Waals surface area contributed by atoms with Crippen LogP contribution in [0.1, 0.15) is 0 Å². The number of pyridine rings is 1. The fourth-order valence-corrected chi connectivity index (χ4v) is 2.43. The number of rotatable bonds is 2. The van der Waals surface area contributed by atoms with Crippen molar-refractivity contribution in [2.45, 2.75) is 0 Å². The van der Waals surface area contributed by atoms with Crippen LogP contribution in [0.3, 0.4) is 0 Å².